The zero-order valence-corrected chi connectivity index (χ0v) is 12.4. The predicted molar refractivity (Wildman–Crippen MR) is 85.0 cm³/mol. The summed E-state index contributed by atoms with van der Waals surface area (Å²) in [6, 6.07) is 16.0. The number of hydrogen-bond acceptors (Lipinski definition) is 5. The molecule has 0 aliphatic heterocycles. The van der Waals surface area contributed by atoms with Gasteiger partial charge < -0.3 is 5.11 Å². The minimum Gasteiger partial charge on any atom is -0.507 e. The number of Topliss-reactive ketones (excluding diaryl/α,β-unsaturated/α-hetero) is 1. The second-order valence-electron chi connectivity index (χ2n) is 4.56. The number of carbonyl (C=O) groups excluding carboxylic acids is 1. The number of aromatic nitrogens is 3. The Morgan fingerprint density at radius 1 is 1.09 bits per heavy atom. The first-order valence-electron chi connectivity index (χ1n) is 6.66. The number of carbonyl (C=O) groups is 1. The van der Waals surface area contributed by atoms with E-state index in [2.05, 4.69) is 15.2 Å². The van der Waals surface area contributed by atoms with E-state index in [0.29, 0.717) is 22.1 Å². The van der Waals surface area contributed by atoms with Gasteiger partial charge in [-0.05, 0) is 12.1 Å². The SMILES string of the molecule is O=C(CSc1n[nH]c(-c2ccccc2O)n1)c1ccccc1. The van der Waals surface area contributed by atoms with Crippen LogP contribution in [0, 0.1) is 0 Å². The van der Waals surface area contributed by atoms with Crippen LogP contribution >= 0.6 is 11.8 Å². The number of aromatic amines is 1. The van der Waals surface area contributed by atoms with Crippen molar-refractivity contribution in [3.05, 3.63) is 60.2 Å². The highest BCUT2D eigenvalue weighted by molar-refractivity contribution is 7.99. The fraction of sp³-hybridized carbons (Fsp3) is 0.0625. The second-order valence-corrected chi connectivity index (χ2v) is 5.50. The summed E-state index contributed by atoms with van der Waals surface area (Å²) in [6.07, 6.45) is 0. The van der Waals surface area contributed by atoms with Crippen molar-refractivity contribution in [3.8, 4) is 17.1 Å². The van der Waals surface area contributed by atoms with Gasteiger partial charge in [0, 0.05) is 5.56 Å². The average molecular weight is 311 g/mol. The Balaban J connectivity index is 1.68. The molecule has 0 saturated heterocycles. The molecule has 2 aromatic carbocycles. The summed E-state index contributed by atoms with van der Waals surface area (Å²) < 4.78 is 0. The van der Waals surface area contributed by atoms with Crippen molar-refractivity contribution in [2.45, 2.75) is 5.16 Å². The minimum absolute atomic E-state index is 0.0273. The maximum absolute atomic E-state index is 12.0. The van der Waals surface area contributed by atoms with Crippen LogP contribution in [0.25, 0.3) is 11.4 Å². The summed E-state index contributed by atoms with van der Waals surface area (Å²) in [4.78, 5) is 16.3. The molecule has 0 atom stereocenters. The highest BCUT2D eigenvalue weighted by Crippen LogP contribution is 2.27. The zero-order valence-electron chi connectivity index (χ0n) is 11.6. The van der Waals surface area contributed by atoms with Gasteiger partial charge in [-0.25, -0.2) is 4.98 Å². The van der Waals surface area contributed by atoms with Gasteiger partial charge in [0.15, 0.2) is 11.6 Å². The van der Waals surface area contributed by atoms with Crippen LogP contribution < -0.4 is 0 Å². The lowest BCUT2D eigenvalue weighted by Gasteiger charge is -1.99. The van der Waals surface area contributed by atoms with E-state index in [1.807, 2.05) is 24.3 Å². The Morgan fingerprint density at radius 2 is 1.82 bits per heavy atom. The number of thioether (sulfide) groups is 1. The van der Waals surface area contributed by atoms with Gasteiger partial charge in [0.25, 0.3) is 0 Å². The van der Waals surface area contributed by atoms with Gasteiger partial charge in [0.2, 0.25) is 5.16 Å². The van der Waals surface area contributed by atoms with Crippen molar-refractivity contribution >= 4 is 17.5 Å². The molecule has 0 aliphatic carbocycles. The van der Waals surface area contributed by atoms with E-state index in [9.17, 15) is 9.90 Å². The highest BCUT2D eigenvalue weighted by Gasteiger charge is 2.12. The van der Waals surface area contributed by atoms with Crippen molar-refractivity contribution in [1.82, 2.24) is 15.2 Å². The number of benzene rings is 2. The average Bonchev–Trinajstić information content (AvgIpc) is 3.02. The molecule has 22 heavy (non-hydrogen) atoms. The van der Waals surface area contributed by atoms with Crippen molar-refractivity contribution in [1.29, 1.82) is 0 Å². The van der Waals surface area contributed by atoms with Crippen LogP contribution in [0.15, 0.2) is 59.8 Å². The molecule has 0 bridgehead atoms. The highest BCUT2D eigenvalue weighted by atomic mass is 32.2. The zero-order chi connectivity index (χ0) is 15.4. The topological polar surface area (TPSA) is 78.9 Å². The van der Waals surface area contributed by atoms with Crippen molar-refractivity contribution in [2.24, 2.45) is 0 Å². The number of hydrogen-bond donors (Lipinski definition) is 2. The number of nitrogens with zero attached hydrogens (tertiary/aromatic N) is 2. The Bertz CT molecular complexity index is 787. The number of rotatable bonds is 5. The van der Waals surface area contributed by atoms with Gasteiger partial charge in [-0.3, -0.25) is 9.89 Å². The second kappa shape index (κ2) is 6.44. The van der Waals surface area contributed by atoms with Crippen LogP contribution in [0.1, 0.15) is 10.4 Å². The summed E-state index contributed by atoms with van der Waals surface area (Å²) in [5.41, 5.74) is 1.25. The first kappa shape index (κ1) is 14.3. The Hall–Kier alpha value is -2.60. The largest absolute Gasteiger partial charge is 0.507 e. The van der Waals surface area contributed by atoms with Gasteiger partial charge >= 0.3 is 0 Å². The van der Waals surface area contributed by atoms with Crippen LogP contribution in [0.3, 0.4) is 0 Å². The van der Waals surface area contributed by atoms with E-state index in [-0.39, 0.29) is 17.3 Å². The standard InChI is InChI=1S/C16H13N3O2S/c20-13-9-5-4-8-12(13)15-17-16(19-18-15)22-10-14(21)11-6-2-1-3-7-11/h1-9,20H,10H2,(H,17,18,19). The number of phenolic OH excluding ortho intramolecular Hbond substituents is 1. The van der Waals surface area contributed by atoms with Crippen molar-refractivity contribution in [2.75, 3.05) is 5.75 Å². The molecule has 0 unspecified atom stereocenters. The summed E-state index contributed by atoms with van der Waals surface area (Å²) in [5.74, 6) is 0.907. The van der Waals surface area contributed by atoms with Gasteiger partial charge in [0.1, 0.15) is 5.75 Å². The molecule has 1 heterocycles. The fourth-order valence-corrected chi connectivity index (χ4v) is 2.64. The molecule has 110 valence electrons. The molecule has 0 saturated carbocycles. The van der Waals surface area contributed by atoms with Crippen LogP contribution in [0.4, 0.5) is 0 Å². The minimum atomic E-state index is 0.0273. The van der Waals surface area contributed by atoms with Crippen LogP contribution in [0.2, 0.25) is 0 Å². The molecule has 0 amide bonds. The van der Waals surface area contributed by atoms with E-state index >= 15 is 0 Å². The smallest absolute Gasteiger partial charge is 0.209 e. The fourth-order valence-electron chi connectivity index (χ4n) is 1.94. The summed E-state index contributed by atoms with van der Waals surface area (Å²) >= 11 is 1.26. The maximum atomic E-state index is 12.0. The molecular formula is C16H13N3O2S. The molecule has 6 heteroatoms. The molecule has 1 aromatic heterocycles. The normalized spacial score (nSPS) is 10.5. The summed E-state index contributed by atoms with van der Waals surface area (Å²) in [6.45, 7) is 0. The molecule has 0 radical (unpaired) electrons. The predicted octanol–water partition coefficient (Wildman–Crippen LogP) is 3.15. The number of aromatic hydroxyl groups is 1. The molecule has 0 fully saturated rings. The van der Waals surface area contributed by atoms with E-state index in [0.717, 1.165) is 0 Å². The van der Waals surface area contributed by atoms with E-state index < -0.39 is 0 Å². The molecule has 0 spiro atoms. The first-order chi connectivity index (χ1) is 10.7. The molecule has 3 aromatic rings. The van der Waals surface area contributed by atoms with Gasteiger partial charge in [-0.2, -0.15) is 0 Å². The third kappa shape index (κ3) is 3.17. The van der Waals surface area contributed by atoms with Crippen LogP contribution in [-0.2, 0) is 0 Å². The Kier molecular flexibility index (Phi) is 4.20. The summed E-state index contributed by atoms with van der Waals surface area (Å²) in [7, 11) is 0. The van der Waals surface area contributed by atoms with Crippen molar-refractivity contribution in [3.63, 3.8) is 0 Å². The third-order valence-electron chi connectivity index (χ3n) is 3.05. The lowest BCUT2D eigenvalue weighted by Crippen LogP contribution is -2.01. The third-order valence-corrected chi connectivity index (χ3v) is 3.90. The van der Waals surface area contributed by atoms with Crippen LogP contribution in [0.5, 0.6) is 5.75 Å². The number of phenols is 1. The van der Waals surface area contributed by atoms with Gasteiger partial charge in [0.05, 0.1) is 11.3 Å². The lowest BCUT2D eigenvalue weighted by atomic mass is 10.2. The number of ketones is 1. The van der Waals surface area contributed by atoms with Gasteiger partial charge in [-0.1, -0.05) is 54.2 Å². The molecule has 2 N–H and O–H groups in total. The quantitative estimate of drug-likeness (QED) is 0.559. The van der Waals surface area contributed by atoms with Gasteiger partial charge in [-0.15, -0.1) is 5.10 Å². The number of para-hydroxylation sites is 1. The first-order valence-corrected chi connectivity index (χ1v) is 7.64. The lowest BCUT2D eigenvalue weighted by molar-refractivity contribution is 0.102. The molecular weight excluding hydrogens is 298 g/mol. The molecule has 3 rings (SSSR count). The van der Waals surface area contributed by atoms with Crippen LogP contribution in [-0.4, -0.2) is 31.8 Å². The summed E-state index contributed by atoms with van der Waals surface area (Å²) in [5, 5.41) is 17.1. The monoisotopic (exact) mass is 311 g/mol. The van der Waals surface area contributed by atoms with E-state index in [4.69, 9.17) is 0 Å². The Labute approximate surface area is 131 Å². The number of H-pyrrole nitrogens is 1. The Morgan fingerprint density at radius 3 is 2.59 bits per heavy atom. The van der Waals surface area contributed by atoms with E-state index in [1.165, 1.54) is 11.8 Å². The molecule has 5 nitrogen and oxygen atoms in total. The van der Waals surface area contributed by atoms with Crippen molar-refractivity contribution < 1.29 is 9.90 Å². The maximum Gasteiger partial charge on any atom is 0.209 e. The number of nitrogens with one attached hydrogen (secondary N) is 1. The van der Waals surface area contributed by atoms with E-state index in [1.54, 1.807) is 30.3 Å². The molecule has 0 aliphatic rings.